The van der Waals surface area contributed by atoms with Crippen LogP contribution in [0.25, 0.3) is 11.0 Å². The van der Waals surface area contributed by atoms with Crippen molar-refractivity contribution in [1.29, 1.82) is 0 Å². The summed E-state index contributed by atoms with van der Waals surface area (Å²) < 4.78 is 27.4. The van der Waals surface area contributed by atoms with E-state index in [4.69, 9.17) is 0 Å². The Kier molecular flexibility index (Phi) is 3.43. The van der Waals surface area contributed by atoms with E-state index in [-0.39, 0.29) is 4.90 Å². The summed E-state index contributed by atoms with van der Waals surface area (Å²) in [5.74, 6) is 0.305. The lowest BCUT2D eigenvalue weighted by molar-refractivity contribution is 0.588. The molecule has 2 aromatic heterocycles. The Morgan fingerprint density at radius 3 is 2.70 bits per heavy atom. The van der Waals surface area contributed by atoms with Gasteiger partial charge in [-0.2, -0.15) is 0 Å². The standard InChI is InChI=1S/C17H17N3O2S/c21-23(22,14-5-2-1-3-6-14)20-12-15(13-8-10-18-11-13)17-16(20)7-4-9-19-17/h1-7,9,12-13,18H,8,10-11H2/t13-/m1/s1. The SMILES string of the molecule is O=S(=O)(c1ccccc1)n1cc([C@@H]2CCNC2)c2ncccc21. The number of hydrogen-bond acceptors (Lipinski definition) is 4. The maximum atomic E-state index is 13.0. The first kappa shape index (κ1) is 14.4. The molecule has 4 rings (SSSR count). The molecular formula is C17H17N3O2S. The molecule has 0 spiro atoms. The minimum Gasteiger partial charge on any atom is -0.316 e. The summed E-state index contributed by atoms with van der Waals surface area (Å²) in [7, 11) is -3.62. The maximum Gasteiger partial charge on any atom is 0.268 e. The summed E-state index contributed by atoms with van der Waals surface area (Å²) in [5, 5.41) is 3.33. The van der Waals surface area contributed by atoms with Crippen LogP contribution >= 0.6 is 0 Å². The zero-order valence-electron chi connectivity index (χ0n) is 12.5. The van der Waals surface area contributed by atoms with Gasteiger partial charge in [0.25, 0.3) is 10.0 Å². The molecule has 5 nitrogen and oxygen atoms in total. The Labute approximate surface area is 135 Å². The van der Waals surface area contributed by atoms with E-state index in [1.807, 2.05) is 12.1 Å². The third-order valence-corrected chi connectivity index (χ3v) is 6.04. The minimum atomic E-state index is -3.62. The van der Waals surface area contributed by atoms with Crippen LogP contribution in [0.4, 0.5) is 0 Å². The van der Waals surface area contributed by atoms with Gasteiger partial charge in [0.2, 0.25) is 0 Å². The van der Waals surface area contributed by atoms with E-state index in [1.165, 1.54) is 3.97 Å². The highest BCUT2D eigenvalue weighted by Crippen LogP contribution is 2.32. The van der Waals surface area contributed by atoms with Gasteiger partial charge in [0.05, 0.1) is 15.9 Å². The molecule has 1 saturated heterocycles. The minimum absolute atomic E-state index is 0.289. The lowest BCUT2D eigenvalue weighted by atomic mass is 10.0. The molecule has 0 radical (unpaired) electrons. The Bertz CT molecular complexity index is 942. The van der Waals surface area contributed by atoms with Crippen molar-refractivity contribution in [2.45, 2.75) is 17.2 Å². The van der Waals surface area contributed by atoms with Crippen LogP contribution in [0.5, 0.6) is 0 Å². The monoisotopic (exact) mass is 327 g/mol. The summed E-state index contributed by atoms with van der Waals surface area (Å²) >= 11 is 0. The molecule has 1 aromatic carbocycles. The van der Waals surface area contributed by atoms with Gasteiger partial charge in [0.1, 0.15) is 0 Å². The van der Waals surface area contributed by atoms with Crippen LogP contribution in [-0.4, -0.2) is 30.5 Å². The highest BCUT2D eigenvalue weighted by molar-refractivity contribution is 7.90. The topological polar surface area (TPSA) is 64.0 Å². The van der Waals surface area contributed by atoms with Crippen molar-refractivity contribution >= 4 is 21.1 Å². The second-order valence-electron chi connectivity index (χ2n) is 5.76. The molecule has 23 heavy (non-hydrogen) atoms. The third-order valence-electron chi connectivity index (χ3n) is 4.35. The molecule has 0 bridgehead atoms. The van der Waals surface area contributed by atoms with Gasteiger partial charge in [-0.15, -0.1) is 0 Å². The fourth-order valence-corrected chi connectivity index (χ4v) is 4.56. The van der Waals surface area contributed by atoms with E-state index in [2.05, 4.69) is 10.3 Å². The van der Waals surface area contributed by atoms with E-state index >= 15 is 0 Å². The maximum absolute atomic E-state index is 13.0. The van der Waals surface area contributed by atoms with Crippen LogP contribution in [0.3, 0.4) is 0 Å². The predicted octanol–water partition coefficient (Wildman–Crippen LogP) is 2.35. The lowest BCUT2D eigenvalue weighted by Crippen LogP contribution is -2.12. The number of fused-ring (bicyclic) bond motifs is 1. The molecule has 0 unspecified atom stereocenters. The van der Waals surface area contributed by atoms with Crippen LogP contribution in [0.15, 0.2) is 59.8 Å². The molecule has 3 heterocycles. The number of hydrogen-bond donors (Lipinski definition) is 1. The van der Waals surface area contributed by atoms with Crippen molar-refractivity contribution in [3.8, 4) is 0 Å². The Balaban J connectivity index is 1.94. The summed E-state index contributed by atoms with van der Waals surface area (Å²) in [5.41, 5.74) is 2.42. The zero-order chi connectivity index (χ0) is 15.9. The third kappa shape index (κ3) is 2.34. The molecule has 0 amide bonds. The average molecular weight is 327 g/mol. The van der Waals surface area contributed by atoms with E-state index in [1.54, 1.807) is 42.7 Å². The van der Waals surface area contributed by atoms with Gasteiger partial charge in [-0.1, -0.05) is 18.2 Å². The second kappa shape index (κ2) is 5.47. The van der Waals surface area contributed by atoms with E-state index in [0.29, 0.717) is 11.4 Å². The zero-order valence-corrected chi connectivity index (χ0v) is 13.3. The van der Waals surface area contributed by atoms with Crippen molar-refractivity contribution in [2.75, 3.05) is 13.1 Å². The number of nitrogens with zero attached hydrogens (tertiary/aromatic N) is 2. The quantitative estimate of drug-likeness (QED) is 0.802. The normalized spacial score (nSPS) is 18.5. The van der Waals surface area contributed by atoms with Crippen molar-refractivity contribution < 1.29 is 8.42 Å². The number of rotatable bonds is 3. The van der Waals surface area contributed by atoms with Crippen LogP contribution < -0.4 is 5.32 Å². The summed E-state index contributed by atoms with van der Waals surface area (Å²) in [4.78, 5) is 4.73. The fraction of sp³-hybridized carbons (Fsp3) is 0.235. The van der Waals surface area contributed by atoms with Gasteiger partial charge < -0.3 is 5.32 Å². The van der Waals surface area contributed by atoms with Crippen molar-refractivity contribution in [2.24, 2.45) is 0 Å². The van der Waals surface area contributed by atoms with Crippen molar-refractivity contribution in [3.63, 3.8) is 0 Å². The molecule has 1 aliphatic heterocycles. The number of pyridine rings is 1. The first-order valence-electron chi connectivity index (χ1n) is 7.65. The molecule has 1 fully saturated rings. The number of nitrogens with one attached hydrogen (secondary N) is 1. The number of aromatic nitrogens is 2. The van der Waals surface area contributed by atoms with Gasteiger partial charge in [0, 0.05) is 30.4 Å². The molecule has 1 aliphatic rings. The average Bonchev–Trinajstić information content (AvgIpc) is 3.23. The van der Waals surface area contributed by atoms with Gasteiger partial charge in [-0.3, -0.25) is 4.98 Å². The summed E-state index contributed by atoms with van der Waals surface area (Å²) in [6.45, 7) is 1.82. The van der Waals surface area contributed by atoms with E-state index in [0.717, 1.165) is 30.6 Å². The highest BCUT2D eigenvalue weighted by atomic mass is 32.2. The van der Waals surface area contributed by atoms with Gasteiger partial charge in [0.15, 0.2) is 0 Å². The Morgan fingerprint density at radius 2 is 1.96 bits per heavy atom. The van der Waals surface area contributed by atoms with Gasteiger partial charge in [-0.25, -0.2) is 12.4 Å². The Hall–Kier alpha value is -2.18. The number of benzene rings is 1. The molecule has 118 valence electrons. The largest absolute Gasteiger partial charge is 0.316 e. The second-order valence-corrected chi connectivity index (χ2v) is 7.57. The van der Waals surface area contributed by atoms with Crippen LogP contribution in [0.2, 0.25) is 0 Å². The summed E-state index contributed by atoms with van der Waals surface area (Å²) in [6, 6.07) is 12.1. The highest BCUT2D eigenvalue weighted by Gasteiger charge is 2.26. The molecule has 6 heteroatoms. The molecule has 0 saturated carbocycles. The van der Waals surface area contributed by atoms with Crippen LogP contribution in [-0.2, 0) is 10.0 Å². The fourth-order valence-electron chi connectivity index (χ4n) is 3.18. The molecule has 3 aromatic rings. The molecule has 1 N–H and O–H groups in total. The first-order chi connectivity index (χ1) is 11.2. The predicted molar refractivity (Wildman–Crippen MR) is 89.0 cm³/mol. The van der Waals surface area contributed by atoms with Crippen LogP contribution in [0, 0.1) is 0 Å². The summed E-state index contributed by atoms with van der Waals surface area (Å²) in [6.07, 6.45) is 4.46. The van der Waals surface area contributed by atoms with Gasteiger partial charge in [-0.05, 0) is 37.2 Å². The van der Waals surface area contributed by atoms with E-state index < -0.39 is 10.0 Å². The molecule has 0 aliphatic carbocycles. The van der Waals surface area contributed by atoms with Crippen LogP contribution in [0.1, 0.15) is 17.9 Å². The van der Waals surface area contributed by atoms with E-state index in [9.17, 15) is 8.42 Å². The van der Waals surface area contributed by atoms with Gasteiger partial charge >= 0.3 is 0 Å². The smallest absolute Gasteiger partial charge is 0.268 e. The molecule has 1 atom stereocenters. The lowest BCUT2D eigenvalue weighted by Gasteiger charge is -2.07. The first-order valence-corrected chi connectivity index (χ1v) is 9.09. The Morgan fingerprint density at radius 1 is 1.13 bits per heavy atom. The van der Waals surface area contributed by atoms with Crippen molar-refractivity contribution in [1.82, 2.24) is 14.3 Å². The van der Waals surface area contributed by atoms with Crippen molar-refractivity contribution in [3.05, 3.63) is 60.4 Å². The molecular weight excluding hydrogens is 310 g/mol.